The van der Waals surface area contributed by atoms with E-state index in [1.165, 1.54) is 11.3 Å². The summed E-state index contributed by atoms with van der Waals surface area (Å²) in [5.41, 5.74) is 17.7. The number of thiazole rings is 1. The fourth-order valence-corrected chi connectivity index (χ4v) is 2.53. The molecular weight excluding hydrogens is 312 g/mol. The van der Waals surface area contributed by atoms with E-state index in [-0.39, 0.29) is 17.6 Å². The van der Waals surface area contributed by atoms with Crippen molar-refractivity contribution in [1.82, 2.24) is 10.3 Å². The van der Waals surface area contributed by atoms with Gasteiger partial charge in [0.15, 0.2) is 5.96 Å². The van der Waals surface area contributed by atoms with Crippen LogP contribution in [0.5, 0.6) is 0 Å². The molecule has 0 unspecified atom stereocenters. The quantitative estimate of drug-likeness (QED) is 0.381. The molecule has 0 aliphatic rings. The largest absolute Gasteiger partial charge is 0.399 e. The number of aliphatic imine (C=N–C) groups is 1. The number of amides is 1. The van der Waals surface area contributed by atoms with E-state index in [2.05, 4.69) is 15.3 Å². The Morgan fingerprint density at radius 3 is 2.81 bits per heavy atom. The number of anilines is 1. The van der Waals surface area contributed by atoms with Crippen LogP contribution in [-0.2, 0) is 6.54 Å². The van der Waals surface area contributed by atoms with Crippen molar-refractivity contribution in [1.29, 1.82) is 0 Å². The van der Waals surface area contributed by atoms with E-state index in [1.54, 1.807) is 23.6 Å². The van der Waals surface area contributed by atoms with E-state index < -0.39 is 0 Å². The van der Waals surface area contributed by atoms with Crippen molar-refractivity contribution in [3.05, 3.63) is 39.9 Å². The highest BCUT2D eigenvalue weighted by Gasteiger charge is 2.10. The van der Waals surface area contributed by atoms with E-state index in [1.807, 2.05) is 0 Å². The van der Waals surface area contributed by atoms with Crippen LogP contribution in [-0.4, -0.2) is 16.9 Å². The zero-order chi connectivity index (χ0) is 15.4. The number of hydrogen-bond acceptors (Lipinski definition) is 5. The van der Waals surface area contributed by atoms with Gasteiger partial charge in [-0.15, -0.1) is 11.3 Å². The molecule has 0 spiro atoms. The minimum Gasteiger partial charge on any atom is -0.399 e. The van der Waals surface area contributed by atoms with Gasteiger partial charge in [0.1, 0.15) is 5.69 Å². The molecule has 1 aromatic carbocycles. The van der Waals surface area contributed by atoms with Gasteiger partial charge in [-0.3, -0.25) is 4.79 Å². The standard InChI is InChI=1S/C12H13ClN6OS/c13-7-1-6(2-8(14)3-7)4-17-10(20)9-5-21-12(18-9)19-11(15)16/h1-3,5H,4,14H2,(H,17,20)(H4,15,16,18,19). The van der Waals surface area contributed by atoms with Crippen molar-refractivity contribution >= 4 is 45.6 Å². The van der Waals surface area contributed by atoms with Crippen LogP contribution < -0.4 is 22.5 Å². The molecule has 0 atom stereocenters. The number of hydrogen-bond donors (Lipinski definition) is 4. The lowest BCUT2D eigenvalue weighted by molar-refractivity contribution is 0.0946. The van der Waals surface area contributed by atoms with Crippen LogP contribution in [0.3, 0.4) is 0 Å². The van der Waals surface area contributed by atoms with Gasteiger partial charge in [-0.25, -0.2) is 4.98 Å². The lowest BCUT2D eigenvalue weighted by atomic mass is 10.2. The molecular formula is C12H13ClN6OS. The molecule has 0 fully saturated rings. The maximum absolute atomic E-state index is 11.9. The lowest BCUT2D eigenvalue weighted by Crippen LogP contribution is -2.23. The number of halogens is 1. The van der Waals surface area contributed by atoms with Gasteiger partial charge in [-0.2, -0.15) is 4.99 Å². The molecule has 2 aromatic rings. The van der Waals surface area contributed by atoms with Crippen LogP contribution in [0.25, 0.3) is 0 Å². The first-order valence-electron chi connectivity index (χ1n) is 5.82. The van der Waals surface area contributed by atoms with Gasteiger partial charge in [0.05, 0.1) is 0 Å². The van der Waals surface area contributed by atoms with Crippen LogP contribution in [0.15, 0.2) is 28.6 Å². The van der Waals surface area contributed by atoms with E-state index >= 15 is 0 Å². The van der Waals surface area contributed by atoms with Gasteiger partial charge < -0.3 is 22.5 Å². The second kappa shape index (κ2) is 6.42. The maximum atomic E-state index is 11.9. The SMILES string of the molecule is NC(N)=Nc1nc(C(=O)NCc2cc(N)cc(Cl)c2)cs1. The molecule has 9 heteroatoms. The van der Waals surface area contributed by atoms with E-state index in [9.17, 15) is 4.79 Å². The first kappa shape index (κ1) is 15.1. The Kier molecular flexibility index (Phi) is 4.61. The zero-order valence-electron chi connectivity index (χ0n) is 10.8. The summed E-state index contributed by atoms with van der Waals surface area (Å²) in [5, 5.41) is 5.13. The smallest absolute Gasteiger partial charge is 0.271 e. The maximum Gasteiger partial charge on any atom is 0.271 e. The molecule has 0 saturated carbocycles. The van der Waals surface area contributed by atoms with Crippen molar-refractivity contribution in [2.45, 2.75) is 6.54 Å². The first-order chi connectivity index (χ1) is 9.94. The second-order valence-electron chi connectivity index (χ2n) is 4.13. The summed E-state index contributed by atoms with van der Waals surface area (Å²) < 4.78 is 0. The Bertz CT molecular complexity index is 675. The summed E-state index contributed by atoms with van der Waals surface area (Å²) in [7, 11) is 0. The highest BCUT2D eigenvalue weighted by Crippen LogP contribution is 2.19. The van der Waals surface area contributed by atoms with Crippen LogP contribution in [0.2, 0.25) is 5.02 Å². The number of guanidine groups is 1. The highest BCUT2D eigenvalue weighted by molar-refractivity contribution is 7.13. The minimum absolute atomic E-state index is 0.106. The monoisotopic (exact) mass is 324 g/mol. The van der Waals surface area contributed by atoms with Crippen LogP contribution in [0.1, 0.15) is 16.1 Å². The number of nitrogens with one attached hydrogen (secondary N) is 1. The first-order valence-corrected chi connectivity index (χ1v) is 7.08. The number of nitrogens with two attached hydrogens (primary N) is 3. The van der Waals surface area contributed by atoms with E-state index in [0.29, 0.717) is 22.4 Å². The van der Waals surface area contributed by atoms with Gasteiger partial charge >= 0.3 is 0 Å². The third kappa shape index (κ3) is 4.33. The minimum atomic E-state index is -0.332. The third-order valence-corrected chi connectivity index (χ3v) is 3.34. The third-order valence-electron chi connectivity index (χ3n) is 2.38. The van der Waals surface area contributed by atoms with Gasteiger partial charge in [0.2, 0.25) is 5.13 Å². The number of nitrogen functional groups attached to an aromatic ring is 1. The van der Waals surface area contributed by atoms with Crippen molar-refractivity contribution < 1.29 is 4.79 Å². The Balaban J connectivity index is 2.01. The second-order valence-corrected chi connectivity index (χ2v) is 5.40. The van der Waals surface area contributed by atoms with Gasteiger partial charge in [-0.1, -0.05) is 11.6 Å². The Hall–Kier alpha value is -2.32. The molecule has 1 aromatic heterocycles. The predicted molar refractivity (Wildman–Crippen MR) is 84.6 cm³/mol. The summed E-state index contributed by atoms with van der Waals surface area (Å²) >= 11 is 7.06. The summed E-state index contributed by atoms with van der Waals surface area (Å²) in [5.74, 6) is -0.437. The van der Waals surface area contributed by atoms with Crippen LogP contribution in [0, 0.1) is 0 Å². The summed E-state index contributed by atoms with van der Waals surface area (Å²) in [6.07, 6.45) is 0. The highest BCUT2D eigenvalue weighted by atomic mass is 35.5. The number of aromatic nitrogens is 1. The Labute approximate surface area is 129 Å². The fraction of sp³-hybridized carbons (Fsp3) is 0.0833. The molecule has 110 valence electrons. The Morgan fingerprint density at radius 1 is 1.38 bits per heavy atom. The fourth-order valence-electron chi connectivity index (χ4n) is 1.58. The van der Waals surface area contributed by atoms with Gasteiger partial charge in [-0.05, 0) is 23.8 Å². The zero-order valence-corrected chi connectivity index (χ0v) is 12.4. The van der Waals surface area contributed by atoms with Crippen molar-refractivity contribution in [2.24, 2.45) is 16.5 Å². The molecule has 7 N–H and O–H groups in total. The van der Waals surface area contributed by atoms with Crippen molar-refractivity contribution in [3.8, 4) is 0 Å². The number of carbonyl (C=O) groups excluding carboxylic acids is 1. The molecule has 1 heterocycles. The van der Waals surface area contributed by atoms with Gasteiger partial charge in [0.25, 0.3) is 5.91 Å². The molecule has 0 saturated heterocycles. The summed E-state index contributed by atoms with van der Waals surface area (Å²) in [6.45, 7) is 0.290. The molecule has 0 aliphatic carbocycles. The van der Waals surface area contributed by atoms with E-state index in [0.717, 1.165) is 5.56 Å². The average Bonchev–Trinajstić information content (AvgIpc) is 2.82. The molecule has 21 heavy (non-hydrogen) atoms. The molecule has 0 radical (unpaired) electrons. The van der Waals surface area contributed by atoms with Crippen LogP contribution >= 0.6 is 22.9 Å². The lowest BCUT2D eigenvalue weighted by Gasteiger charge is -2.05. The topological polar surface area (TPSA) is 132 Å². The molecule has 0 bridgehead atoms. The predicted octanol–water partition coefficient (Wildman–Crippen LogP) is 1.21. The van der Waals surface area contributed by atoms with E-state index in [4.69, 9.17) is 28.8 Å². The van der Waals surface area contributed by atoms with Crippen molar-refractivity contribution in [2.75, 3.05) is 5.73 Å². The molecule has 2 rings (SSSR count). The number of nitrogens with zero attached hydrogens (tertiary/aromatic N) is 2. The summed E-state index contributed by atoms with van der Waals surface area (Å²) in [6, 6.07) is 5.09. The number of benzene rings is 1. The number of carbonyl (C=O) groups is 1. The van der Waals surface area contributed by atoms with Gasteiger partial charge in [0, 0.05) is 22.6 Å². The van der Waals surface area contributed by atoms with Crippen LogP contribution in [0.4, 0.5) is 10.8 Å². The Morgan fingerprint density at radius 2 is 2.14 bits per heavy atom. The van der Waals surface area contributed by atoms with Crippen molar-refractivity contribution in [3.63, 3.8) is 0 Å². The molecule has 1 amide bonds. The molecule has 0 aliphatic heterocycles. The number of rotatable bonds is 4. The normalized spacial score (nSPS) is 10.1. The molecule has 7 nitrogen and oxygen atoms in total. The average molecular weight is 325 g/mol. The summed E-state index contributed by atoms with van der Waals surface area (Å²) in [4.78, 5) is 19.7.